The molecule has 0 heterocycles. The Morgan fingerprint density at radius 3 is 2.60 bits per heavy atom. The molecule has 4 heteroatoms. The quantitative estimate of drug-likeness (QED) is 0.736. The molecule has 0 saturated heterocycles. The van der Waals surface area contributed by atoms with E-state index < -0.39 is 6.04 Å². The largest absolute Gasteiger partial charge is 0.320 e. The van der Waals surface area contributed by atoms with Crippen LogP contribution in [0.2, 0.25) is 0 Å². The van der Waals surface area contributed by atoms with E-state index in [-0.39, 0.29) is 5.91 Å². The molecule has 1 atom stereocenters. The molecule has 0 aliphatic heterocycles. The third-order valence-electron chi connectivity index (χ3n) is 2.20. The van der Waals surface area contributed by atoms with Gasteiger partial charge in [-0.05, 0) is 12.0 Å². The summed E-state index contributed by atoms with van der Waals surface area (Å²) in [6, 6.07) is 9.11. The third kappa shape index (κ3) is 3.34. The highest BCUT2D eigenvalue weighted by Gasteiger charge is 2.17. The highest BCUT2D eigenvalue weighted by Crippen LogP contribution is 2.03. The second-order valence-electron chi connectivity index (χ2n) is 3.31. The number of hydroxylamine groups is 2. The molecule has 0 unspecified atom stereocenters. The van der Waals surface area contributed by atoms with E-state index in [1.54, 1.807) is 7.05 Å². The van der Waals surface area contributed by atoms with Crippen molar-refractivity contribution in [2.45, 2.75) is 12.5 Å². The summed E-state index contributed by atoms with van der Waals surface area (Å²) in [4.78, 5) is 16.3. The van der Waals surface area contributed by atoms with E-state index in [1.807, 2.05) is 30.3 Å². The molecular weight excluding hydrogens is 192 g/mol. The first-order valence-electron chi connectivity index (χ1n) is 4.76. The van der Waals surface area contributed by atoms with Crippen molar-refractivity contribution in [3.05, 3.63) is 35.9 Å². The monoisotopic (exact) mass is 208 g/mol. The summed E-state index contributed by atoms with van der Waals surface area (Å²) in [5, 5.41) is 1.15. The smallest absolute Gasteiger partial charge is 0.263 e. The first-order chi connectivity index (χ1) is 7.15. The van der Waals surface area contributed by atoms with Crippen LogP contribution in [0.25, 0.3) is 0 Å². The highest BCUT2D eigenvalue weighted by atomic mass is 16.7. The number of nitrogens with zero attached hydrogens (tertiary/aromatic N) is 1. The average Bonchev–Trinajstić information content (AvgIpc) is 2.28. The van der Waals surface area contributed by atoms with Crippen LogP contribution >= 0.6 is 0 Å². The van der Waals surface area contributed by atoms with E-state index in [9.17, 15) is 4.79 Å². The van der Waals surface area contributed by atoms with Crippen LogP contribution in [-0.4, -0.2) is 31.2 Å². The Morgan fingerprint density at radius 2 is 2.07 bits per heavy atom. The van der Waals surface area contributed by atoms with Crippen molar-refractivity contribution in [2.24, 2.45) is 5.73 Å². The third-order valence-corrected chi connectivity index (χ3v) is 2.20. The predicted molar refractivity (Wildman–Crippen MR) is 57.9 cm³/mol. The van der Waals surface area contributed by atoms with Gasteiger partial charge in [0.1, 0.15) is 0 Å². The lowest BCUT2D eigenvalue weighted by Gasteiger charge is -2.18. The molecular formula is C11H16N2O2. The standard InChI is InChI=1S/C11H16N2O2/c1-13(15-2)11(14)10(12)8-9-6-4-3-5-7-9/h3-7,10H,8,12H2,1-2H3/t10-/m1/s1. The van der Waals surface area contributed by atoms with E-state index in [1.165, 1.54) is 7.11 Å². The maximum atomic E-state index is 11.6. The number of benzene rings is 1. The Kier molecular flexibility index (Phi) is 4.27. The summed E-state index contributed by atoms with van der Waals surface area (Å²) in [6.07, 6.45) is 0.521. The molecule has 0 fully saturated rings. The molecule has 1 aromatic rings. The summed E-state index contributed by atoms with van der Waals surface area (Å²) in [5.41, 5.74) is 6.80. The Morgan fingerprint density at radius 1 is 1.47 bits per heavy atom. The Hall–Kier alpha value is -1.39. The van der Waals surface area contributed by atoms with Crippen LogP contribution in [0.1, 0.15) is 5.56 Å². The Labute approximate surface area is 89.6 Å². The minimum atomic E-state index is -0.558. The SMILES string of the molecule is CON(C)C(=O)[C@H](N)Cc1ccccc1. The van der Waals surface area contributed by atoms with Gasteiger partial charge in [0.25, 0.3) is 5.91 Å². The molecule has 1 aromatic carbocycles. The maximum Gasteiger partial charge on any atom is 0.263 e. The lowest BCUT2D eigenvalue weighted by Crippen LogP contribution is -2.42. The maximum absolute atomic E-state index is 11.6. The molecule has 1 amide bonds. The van der Waals surface area contributed by atoms with Crippen LogP contribution in [0.3, 0.4) is 0 Å². The summed E-state index contributed by atoms with van der Waals surface area (Å²) in [7, 11) is 2.99. The molecule has 0 saturated carbocycles. The van der Waals surface area contributed by atoms with Gasteiger partial charge in [0.05, 0.1) is 13.2 Å². The number of hydrogen-bond donors (Lipinski definition) is 1. The molecule has 0 bridgehead atoms. The fourth-order valence-electron chi connectivity index (χ4n) is 1.28. The average molecular weight is 208 g/mol. The molecule has 0 aliphatic rings. The van der Waals surface area contributed by atoms with E-state index in [4.69, 9.17) is 10.6 Å². The second kappa shape index (κ2) is 5.48. The highest BCUT2D eigenvalue weighted by molar-refractivity contribution is 5.80. The first-order valence-corrected chi connectivity index (χ1v) is 4.76. The fraction of sp³-hybridized carbons (Fsp3) is 0.364. The number of nitrogens with two attached hydrogens (primary N) is 1. The van der Waals surface area contributed by atoms with Crippen molar-refractivity contribution < 1.29 is 9.63 Å². The molecule has 0 aliphatic carbocycles. The van der Waals surface area contributed by atoms with Crippen molar-refractivity contribution in [3.8, 4) is 0 Å². The van der Waals surface area contributed by atoms with Crippen molar-refractivity contribution in [1.29, 1.82) is 0 Å². The van der Waals surface area contributed by atoms with Gasteiger partial charge in [-0.15, -0.1) is 0 Å². The van der Waals surface area contributed by atoms with Gasteiger partial charge in [-0.3, -0.25) is 9.63 Å². The summed E-state index contributed by atoms with van der Waals surface area (Å²) < 4.78 is 0. The number of amides is 1. The van der Waals surface area contributed by atoms with Crippen molar-refractivity contribution in [3.63, 3.8) is 0 Å². The van der Waals surface area contributed by atoms with E-state index in [0.29, 0.717) is 6.42 Å². The number of carbonyl (C=O) groups excluding carboxylic acids is 1. The molecule has 1 rings (SSSR count). The molecule has 4 nitrogen and oxygen atoms in total. The molecule has 2 N–H and O–H groups in total. The van der Waals surface area contributed by atoms with Gasteiger partial charge in [-0.2, -0.15) is 0 Å². The van der Waals surface area contributed by atoms with Gasteiger partial charge in [0, 0.05) is 7.05 Å². The predicted octanol–water partition coefficient (Wildman–Crippen LogP) is 0.576. The van der Waals surface area contributed by atoms with Crippen LogP contribution in [0, 0.1) is 0 Å². The van der Waals surface area contributed by atoms with Crippen LogP contribution < -0.4 is 5.73 Å². The molecule has 0 spiro atoms. The zero-order valence-corrected chi connectivity index (χ0v) is 9.01. The van der Waals surface area contributed by atoms with Gasteiger partial charge in [-0.1, -0.05) is 30.3 Å². The number of hydrogen-bond acceptors (Lipinski definition) is 3. The van der Waals surface area contributed by atoms with Crippen LogP contribution in [0.5, 0.6) is 0 Å². The lowest BCUT2D eigenvalue weighted by molar-refractivity contribution is -0.170. The summed E-state index contributed by atoms with van der Waals surface area (Å²) in [5.74, 6) is -0.221. The van der Waals surface area contributed by atoms with Crippen molar-refractivity contribution >= 4 is 5.91 Å². The van der Waals surface area contributed by atoms with Gasteiger partial charge >= 0.3 is 0 Å². The fourth-order valence-corrected chi connectivity index (χ4v) is 1.28. The van der Waals surface area contributed by atoms with E-state index in [0.717, 1.165) is 10.6 Å². The molecule has 82 valence electrons. The normalized spacial score (nSPS) is 12.2. The van der Waals surface area contributed by atoms with E-state index >= 15 is 0 Å². The number of likely N-dealkylation sites (N-methyl/N-ethyl adjacent to an activating group) is 1. The minimum absolute atomic E-state index is 0.221. The van der Waals surface area contributed by atoms with Crippen LogP contribution in [-0.2, 0) is 16.1 Å². The molecule has 0 radical (unpaired) electrons. The van der Waals surface area contributed by atoms with Gasteiger partial charge < -0.3 is 5.73 Å². The Balaban J connectivity index is 2.56. The van der Waals surface area contributed by atoms with Crippen LogP contribution in [0.4, 0.5) is 0 Å². The lowest BCUT2D eigenvalue weighted by atomic mass is 10.1. The Bertz CT molecular complexity index is 314. The topological polar surface area (TPSA) is 55.6 Å². The van der Waals surface area contributed by atoms with Crippen molar-refractivity contribution in [2.75, 3.05) is 14.2 Å². The molecule has 0 aromatic heterocycles. The zero-order valence-electron chi connectivity index (χ0n) is 9.01. The first kappa shape index (κ1) is 11.7. The van der Waals surface area contributed by atoms with Gasteiger partial charge in [-0.25, -0.2) is 5.06 Å². The number of rotatable bonds is 4. The van der Waals surface area contributed by atoms with E-state index in [2.05, 4.69) is 0 Å². The van der Waals surface area contributed by atoms with Crippen molar-refractivity contribution in [1.82, 2.24) is 5.06 Å². The minimum Gasteiger partial charge on any atom is -0.320 e. The zero-order chi connectivity index (χ0) is 11.3. The summed E-state index contributed by atoms with van der Waals surface area (Å²) >= 11 is 0. The second-order valence-corrected chi connectivity index (χ2v) is 3.31. The molecule has 15 heavy (non-hydrogen) atoms. The van der Waals surface area contributed by atoms with Gasteiger partial charge in [0.2, 0.25) is 0 Å². The summed E-state index contributed by atoms with van der Waals surface area (Å²) in [6.45, 7) is 0. The van der Waals surface area contributed by atoms with Crippen LogP contribution in [0.15, 0.2) is 30.3 Å². The number of carbonyl (C=O) groups is 1. The van der Waals surface area contributed by atoms with Gasteiger partial charge in [0.15, 0.2) is 0 Å².